The molecule has 8 heteroatoms. The van der Waals surface area contributed by atoms with Crippen LogP contribution < -0.4 is 10.6 Å². The minimum absolute atomic E-state index is 0. The predicted octanol–water partition coefficient (Wildman–Crippen LogP) is 1.83. The number of thioether (sulfide) groups is 1. The summed E-state index contributed by atoms with van der Waals surface area (Å²) < 4.78 is 2.20. The molecule has 2 N–H and O–H groups in total. The van der Waals surface area contributed by atoms with E-state index >= 15 is 0 Å². The zero-order chi connectivity index (χ0) is 15.5. The van der Waals surface area contributed by atoms with Crippen molar-refractivity contribution in [1.29, 1.82) is 0 Å². The van der Waals surface area contributed by atoms with Gasteiger partial charge in [0.25, 0.3) is 0 Å². The first-order valence-corrected chi connectivity index (χ1v) is 8.58. The second kappa shape index (κ2) is 8.37. The van der Waals surface area contributed by atoms with Gasteiger partial charge in [-0.15, -0.1) is 24.0 Å². The number of aliphatic imine (C=N–C) groups is 1. The molecule has 1 aliphatic heterocycles. The van der Waals surface area contributed by atoms with Crippen LogP contribution in [-0.4, -0.2) is 51.4 Å². The van der Waals surface area contributed by atoms with E-state index in [1.165, 1.54) is 0 Å². The zero-order valence-electron chi connectivity index (χ0n) is 14.0. The van der Waals surface area contributed by atoms with Crippen molar-refractivity contribution < 1.29 is 0 Å². The molecule has 1 aliphatic rings. The fourth-order valence-electron chi connectivity index (χ4n) is 2.31. The minimum atomic E-state index is 0. The van der Waals surface area contributed by atoms with E-state index in [0.29, 0.717) is 6.04 Å². The number of aromatic nitrogens is 3. The van der Waals surface area contributed by atoms with Crippen LogP contribution in [0.15, 0.2) is 4.99 Å². The quantitative estimate of drug-likeness (QED) is 0.427. The number of nitrogens with one attached hydrogen (secondary N) is 2. The molecule has 0 amide bonds. The maximum Gasteiger partial charge on any atom is 0.191 e. The van der Waals surface area contributed by atoms with E-state index in [2.05, 4.69) is 45.8 Å². The van der Waals surface area contributed by atoms with Crippen molar-refractivity contribution in [3.63, 3.8) is 0 Å². The van der Waals surface area contributed by atoms with Crippen LogP contribution in [-0.2, 0) is 13.0 Å². The summed E-state index contributed by atoms with van der Waals surface area (Å²) in [6.45, 7) is 8.13. The lowest BCUT2D eigenvalue weighted by atomic mass is 10.1. The Hall–Kier alpha value is -0.510. The van der Waals surface area contributed by atoms with Gasteiger partial charge in [0.15, 0.2) is 5.96 Å². The van der Waals surface area contributed by atoms with Crippen LogP contribution in [0.4, 0.5) is 0 Å². The largest absolute Gasteiger partial charge is 0.355 e. The SMILES string of the molecule is CN=C(NCC(C)(C)SC)NC1CCc2nc(C)nn2C1.I. The van der Waals surface area contributed by atoms with Crippen LogP contribution in [0.5, 0.6) is 0 Å². The number of rotatable bonds is 4. The van der Waals surface area contributed by atoms with Crippen molar-refractivity contribution in [3.05, 3.63) is 11.6 Å². The average Bonchev–Trinajstić information content (AvgIpc) is 2.82. The van der Waals surface area contributed by atoms with Crippen molar-refractivity contribution in [1.82, 2.24) is 25.4 Å². The van der Waals surface area contributed by atoms with E-state index in [4.69, 9.17) is 0 Å². The summed E-state index contributed by atoms with van der Waals surface area (Å²) in [5, 5.41) is 11.3. The Morgan fingerprint density at radius 3 is 2.86 bits per heavy atom. The van der Waals surface area contributed by atoms with Gasteiger partial charge in [0, 0.05) is 30.8 Å². The number of fused-ring (bicyclic) bond motifs is 1. The summed E-state index contributed by atoms with van der Waals surface area (Å²) in [5.74, 6) is 2.81. The molecule has 0 aliphatic carbocycles. The van der Waals surface area contributed by atoms with Gasteiger partial charge in [-0.2, -0.15) is 16.9 Å². The molecule has 2 rings (SSSR count). The number of halogens is 1. The third kappa shape index (κ3) is 5.29. The standard InChI is InChI=1S/C14H26N6S.HI/c1-10-17-12-7-6-11(8-20(12)19-10)18-13(15-4)16-9-14(2,3)21-5;/h11H,6-9H2,1-5H3,(H2,15,16,18);1H. The van der Waals surface area contributed by atoms with E-state index < -0.39 is 0 Å². The van der Waals surface area contributed by atoms with Crippen LogP contribution in [0.1, 0.15) is 31.9 Å². The Morgan fingerprint density at radius 2 is 2.23 bits per heavy atom. The number of hydrogen-bond acceptors (Lipinski definition) is 4. The molecule has 0 radical (unpaired) electrons. The fourth-order valence-corrected chi connectivity index (χ4v) is 2.52. The Bertz CT molecular complexity index is 513. The number of guanidine groups is 1. The van der Waals surface area contributed by atoms with Crippen molar-refractivity contribution in [2.24, 2.45) is 4.99 Å². The highest BCUT2D eigenvalue weighted by molar-refractivity contribution is 14.0. The van der Waals surface area contributed by atoms with E-state index in [1.54, 1.807) is 0 Å². The number of aryl methyl sites for hydroxylation is 2. The van der Waals surface area contributed by atoms with Crippen LogP contribution in [0, 0.1) is 6.92 Å². The molecule has 1 unspecified atom stereocenters. The van der Waals surface area contributed by atoms with Gasteiger partial charge in [-0.05, 0) is 33.4 Å². The van der Waals surface area contributed by atoms with Gasteiger partial charge >= 0.3 is 0 Å². The Labute approximate surface area is 154 Å². The lowest BCUT2D eigenvalue weighted by Gasteiger charge is -2.28. The third-order valence-electron chi connectivity index (χ3n) is 3.76. The normalized spacial score (nSPS) is 18.4. The first kappa shape index (κ1) is 19.5. The highest BCUT2D eigenvalue weighted by atomic mass is 127. The van der Waals surface area contributed by atoms with E-state index in [1.807, 2.05) is 30.4 Å². The van der Waals surface area contributed by atoms with Gasteiger partial charge in [0.2, 0.25) is 0 Å². The molecule has 0 bridgehead atoms. The molecule has 1 aromatic heterocycles. The molecule has 22 heavy (non-hydrogen) atoms. The summed E-state index contributed by atoms with van der Waals surface area (Å²) in [4.78, 5) is 8.76. The topological polar surface area (TPSA) is 67.1 Å². The predicted molar refractivity (Wildman–Crippen MR) is 104 cm³/mol. The molecule has 0 aromatic carbocycles. The molecule has 0 spiro atoms. The fraction of sp³-hybridized carbons (Fsp3) is 0.786. The molecular formula is C14H27IN6S. The summed E-state index contributed by atoms with van der Waals surface area (Å²) >= 11 is 1.85. The lowest BCUT2D eigenvalue weighted by molar-refractivity contribution is 0.392. The minimum Gasteiger partial charge on any atom is -0.355 e. The van der Waals surface area contributed by atoms with Gasteiger partial charge in [-0.3, -0.25) is 4.99 Å². The zero-order valence-corrected chi connectivity index (χ0v) is 17.2. The molecule has 2 heterocycles. The molecule has 1 atom stereocenters. The van der Waals surface area contributed by atoms with Gasteiger partial charge in [0.05, 0.1) is 6.54 Å². The Morgan fingerprint density at radius 1 is 1.50 bits per heavy atom. The van der Waals surface area contributed by atoms with E-state index in [0.717, 1.165) is 43.5 Å². The van der Waals surface area contributed by atoms with Gasteiger partial charge in [0.1, 0.15) is 11.6 Å². The number of hydrogen-bond donors (Lipinski definition) is 2. The lowest BCUT2D eigenvalue weighted by Crippen LogP contribution is -2.49. The van der Waals surface area contributed by atoms with Crippen molar-refractivity contribution in [3.8, 4) is 0 Å². The van der Waals surface area contributed by atoms with Crippen LogP contribution >= 0.6 is 35.7 Å². The summed E-state index contributed by atoms with van der Waals surface area (Å²) in [5.41, 5.74) is 0. The van der Waals surface area contributed by atoms with Gasteiger partial charge in [-0.25, -0.2) is 9.67 Å². The summed E-state index contributed by atoms with van der Waals surface area (Å²) in [6.07, 6.45) is 4.16. The maximum atomic E-state index is 4.44. The first-order valence-electron chi connectivity index (χ1n) is 7.36. The maximum absolute atomic E-state index is 4.44. The van der Waals surface area contributed by atoms with E-state index in [9.17, 15) is 0 Å². The van der Waals surface area contributed by atoms with E-state index in [-0.39, 0.29) is 28.7 Å². The second-order valence-electron chi connectivity index (χ2n) is 6.03. The summed E-state index contributed by atoms with van der Waals surface area (Å²) in [7, 11) is 1.81. The molecule has 126 valence electrons. The van der Waals surface area contributed by atoms with Crippen molar-refractivity contribution in [2.45, 2.75) is 50.9 Å². The van der Waals surface area contributed by atoms with Crippen LogP contribution in [0.2, 0.25) is 0 Å². The Balaban J connectivity index is 0.00000242. The molecule has 6 nitrogen and oxygen atoms in total. The third-order valence-corrected chi connectivity index (χ3v) is 5.01. The first-order chi connectivity index (χ1) is 9.93. The highest BCUT2D eigenvalue weighted by Crippen LogP contribution is 2.19. The second-order valence-corrected chi connectivity index (χ2v) is 7.54. The molecule has 0 saturated carbocycles. The monoisotopic (exact) mass is 438 g/mol. The van der Waals surface area contributed by atoms with Crippen molar-refractivity contribution >= 4 is 41.7 Å². The van der Waals surface area contributed by atoms with Crippen LogP contribution in [0.3, 0.4) is 0 Å². The molecular weight excluding hydrogens is 411 g/mol. The highest BCUT2D eigenvalue weighted by Gasteiger charge is 2.22. The smallest absolute Gasteiger partial charge is 0.191 e. The molecule has 0 saturated heterocycles. The average molecular weight is 438 g/mol. The molecule has 0 fully saturated rings. The van der Waals surface area contributed by atoms with Crippen LogP contribution in [0.25, 0.3) is 0 Å². The van der Waals surface area contributed by atoms with Gasteiger partial charge in [-0.1, -0.05) is 0 Å². The molecule has 1 aromatic rings. The summed E-state index contributed by atoms with van der Waals surface area (Å²) in [6, 6.07) is 0.349. The van der Waals surface area contributed by atoms with Gasteiger partial charge < -0.3 is 10.6 Å². The number of nitrogens with zero attached hydrogens (tertiary/aromatic N) is 4. The Kier molecular flexibility index (Phi) is 7.43. The van der Waals surface area contributed by atoms with Crippen molar-refractivity contribution in [2.75, 3.05) is 19.8 Å².